The Morgan fingerprint density at radius 1 is 1.39 bits per heavy atom. The third-order valence-corrected chi connectivity index (χ3v) is 5.43. The van der Waals surface area contributed by atoms with Crippen LogP contribution >= 0.6 is 0 Å². The predicted molar refractivity (Wildman–Crippen MR) is 106 cm³/mol. The lowest BCUT2D eigenvalue weighted by Gasteiger charge is -2.16. The lowest BCUT2D eigenvalue weighted by Crippen LogP contribution is -2.33. The molecule has 1 atom stereocenters. The van der Waals surface area contributed by atoms with E-state index in [0.717, 1.165) is 49.0 Å². The van der Waals surface area contributed by atoms with Crippen LogP contribution in [0.1, 0.15) is 43.5 Å². The van der Waals surface area contributed by atoms with Crippen LogP contribution in [-0.4, -0.2) is 41.4 Å². The van der Waals surface area contributed by atoms with E-state index in [1.165, 1.54) is 23.7 Å². The van der Waals surface area contributed by atoms with Gasteiger partial charge in [0.1, 0.15) is 6.10 Å². The van der Waals surface area contributed by atoms with Gasteiger partial charge in [-0.2, -0.15) is 5.10 Å². The second-order valence-electron chi connectivity index (χ2n) is 7.53. The van der Waals surface area contributed by atoms with Crippen LogP contribution in [0.25, 0.3) is 11.3 Å². The summed E-state index contributed by atoms with van der Waals surface area (Å²) >= 11 is 0. The first-order valence-electron chi connectivity index (χ1n) is 9.98. The summed E-state index contributed by atoms with van der Waals surface area (Å²) in [5.41, 5.74) is 6.83. The van der Waals surface area contributed by atoms with Crippen molar-refractivity contribution in [1.29, 1.82) is 0 Å². The number of amides is 2. The van der Waals surface area contributed by atoms with Gasteiger partial charge >= 0.3 is 6.09 Å². The minimum absolute atomic E-state index is 0.128. The van der Waals surface area contributed by atoms with Gasteiger partial charge in [-0.1, -0.05) is 19.4 Å². The SMILES string of the molecule is CCCc1[nH]nc2c1CCCc1cc(N3CC(CNC(C)=O)OC3=O)ccc1-2. The summed E-state index contributed by atoms with van der Waals surface area (Å²) in [5.74, 6) is -0.128. The molecule has 4 rings (SSSR count). The molecule has 2 amide bonds. The number of hydrogen-bond donors (Lipinski definition) is 2. The molecule has 0 saturated carbocycles. The molecule has 1 aliphatic carbocycles. The molecule has 2 aliphatic rings. The number of aromatic amines is 1. The van der Waals surface area contributed by atoms with E-state index in [-0.39, 0.29) is 18.1 Å². The van der Waals surface area contributed by atoms with Gasteiger partial charge in [-0.05, 0) is 43.4 Å². The highest BCUT2D eigenvalue weighted by molar-refractivity contribution is 5.90. The Labute approximate surface area is 164 Å². The summed E-state index contributed by atoms with van der Waals surface area (Å²) in [6, 6.07) is 6.12. The predicted octanol–water partition coefficient (Wildman–Crippen LogP) is 2.98. The van der Waals surface area contributed by atoms with Crippen LogP contribution in [0.4, 0.5) is 10.5 Å². The molecule has 1 aromatic carbocycles. The first-order chi connectivity index (χ1) is 13.6. The van der Waals surface area contributed by atoms with E-state index in [9.17, 15) is 9.59 Å². The molecular formula is C21H26N4O3. The van der Waals surface area contributed by atoms with Gasteiger partial charge in [-0.25, -0.2) is 4.79 Å². The average molecular weight is 382 g/mol. The summed E-state index contributed by atoms with van der Waals surface area (Å²) in [4.78, 5) is 25.1. The van der Waals surface area contributed by atoms with Crippen molar-refractivity contribution in [3.63, 3.8) is 0 Å². The molecule has 1 saturated heterocycles. The number of aryl methyl sites for hydroxylation is 2. The maximum Gasteiger partial charge on any atom is 0.414 e. The normalized spacial score (nSPS) is 18.3. The summed E-state index contributed by atoms with van der Waals surface area (Å²) in [5, 5.41) is 10.5. The molecule has 28 heavy (non-hydrogen) atoms. The minimum atomic E-state index is -0.366. The summed E-state index contributed by atoms with van der Waals surface area (Å²) in [6.07, 6.45) is 4.47. The average Bonchev–Trinajstić information content (AvgIpc) is 3.18. The second kappa shape index (κ2) is 7.66. The highest BCUT2D eigenvalue weighted by Crippen LogP contribution is 2.35. The molecule has 0 radical (unpaired) electrons. The van der Waals surface area contributed by atoms with Gasteiger partial charge in [0.2, 0.25) is 5.91 Å². The number of fused-ring (bicyclic) bond motifs is 3. The zero-order valence-corrected chi connectivity index (χ0v) is 16.4. The van der Waals surface area contributed by atoms with E-state index in [0.29, 0.717) is 13.1 Å². The fourth-order valence-electron chi connectivity index (χ4n) is 4.09. The summed E-state index contributed by atoms with van der Waals surface area (Å²) < 4.78 is 5.39. The minimum Gasteiger partial charge on any atom is -0.442 e. The zero-order chi connectivity index (χ0) is 19.7. The molecule has 1 aromatic heterocycles. The van der Waals surface area contributed by atoms with Crippen LogP contribution in [0.2, 0.25) is 0 Å². The van der Waals surface area contributed by atoms with Crippen molar-refractivity contribution in [2.45, 2.75) is 52.1 Å². The fourth-order valence-corrected chi connectivity index (χ4v) is 4.09. The van der Waals surface area contributed by atoms with Crippen molar-refractivity contribution in [2.24, 2.45) is 0 Å². The maximum atomic E-state index is 12.3. The Kier molecular flexibility index (Phi) is 5.07. The molecule has 2 aromatic rings. The molecule has 7 heteroatoms. The van der Waals surface area contributed by atoms with E-state index >= 15 is 0 Å². The quantitative estimate of drug-likeness (QED) is 0.832. The van der Waals surface area contributed by atoms with Crippen LogP contribution < -0.4 is 10.2 Å². The Bertz CT molecular complexity index is 905. The smallest absolute Gasteiger partial charge is 0.414 e. The van der Waals surface area contributed by atoms with Crippen LogP contribution in [0, 0.1) is 0 Å². The highest BCUT2D eigenvalue weighted by atomic mass is 16.6. The van der Waals surface area contributed by atoms with E-state index < -0.39 is 0 Å². The van der Waals surface area contributed by atoms with Crippen LogP contribution in [0.3, 0.4) is 0 Å². The van der Waals surface area contributed by atoms with Gasteiger partial charge < -0.3 is 10.1 Å². The first kappa shape index (κ1) is 18.5. The number of nitrogens with zero attached hydrogens (tertiary/aromatic N) is 2. The van der Waals surface area contributed by atoms with Gasteiger partial charge in [0.25, 0.3) is 0 Å². The van der Waals surface area contributed by atoms with E-state index in [1.54, 1.807) is 4.90 Å². The Morgan fingerprint density at radius 2 is 2.25 bits per heavy atom. The number of cyclic esters (lactones) is 1. The van der Waals surface area contributed by atoms with Crippen molar-refractivity contribution >= 4 is 17.7 Å². The third kappa shape index (κ3) is 3.48. The molecule has 1 fully saturated rings. The number of hydrogen-bond acceptors (Lipinski definition) is 4. The molecule has 2 heterocycles. The lowest BCUT2D eigenvalue weighted by molar-refractivity contribution is -0.119. The van der Waals surface area contributed by atoms with Crippen LogP contribution in [-0.2, 0) is 28.8 Å². The Balaban J connectivity index is 1.58. The molecule has 148 valence electrons. The summed E-state index contributed by atoms with van der Waals surface area (Å²) in [7, 11) is 0. The van der Waals surface area contributed by atoms with Crippen LogP contribution in [0.15, 0.2) is 18.2 Å². The van der Waals surface area contributed by atoms with Crippen LogP contribution in [0.5, 0.6) is 0 Å². The Hall–Kier alpha value is -2.83. The van der Waals surface area contributed by atoms with Crippen molar-refractivity contribution in [3.05, 3.63) is 35.0 Å². The number of rotatable bonds is 5. The van der Waals surface area contributed by atoms with Gasteiger partial charge in [0.05, 0.1) is 18.8 Å². The molecule has 1 aliphatic heterocycles. The number of H-pyrrole nitrogens is 1. The number of carbonyl (C=O) groups is 2. The largest absolute Gasteiger partial charge is 0.442 e. The standard InChI is InChI=1S/C21H26N4O3/c1-3-5-19-18-7-4-6-14-10-15(8-9-17(14)20(18)24-23-19)25-12-16(28-21(25)27)11-22-13(2)26/h8-10,16H,3-7,11-12H2,1-2H3,(H,22,26)(H,23,24). The van der Waals surface area contributed by atoms with Gasteiger partial charge in [0.15, 0.2) is 0 Å². The van der Waals surface area contributed by atoms with Crippen molar-refractivity contribution in [2.75, 3.05) is 18.0 Å². The second-order valence-corrected chi connectivity index (χ2v) is 7.53. The van der Waals surface area contributed by atoms with E-state index in [4.69, 9.17) is 4.74 Å². The number of aromatic nitrogens is 2. The molecule has 0 bridgehead atoms. The number of benzene rings is 1. The van der Waals surface area contributed by atoms with Gasteiger partial charge in [-0.3, -0.25) is 14.8 Å². The van der Waals surface area contributed by atoms with Crippen molar-refractivity contribution in [1.82, 2.24) is 15.5 Å². The number of nitrogens with one attached hydrogen (secondary N) is 2. The topological polar surface area (TPSA) is 87.3 Å². The molecular weight excluding hydrogens is 356 g/mol. The third-order valence-electron chi connectivity index (χ3n) is 5.43. The fraction of sp³-hybridized carbons (Fsp3) is 0.476. The molecule has 0 spiro atoms. The molecule has 1 unspecified atom stereocenters. The number of anilines is 1. The lowest BCUT2D eigenvalue weighted by atomic mass is 10.00. The molecule has 7 nitrogen and oxygen atoms in total. The van der Waals surface area contributed by atoms with E-state index in [2.05, 4.69) is 34.6 Å². The Morgan fingerprint density at radius 3 is 3.04 bits per heavy atom. The number of ether oxygens (including phenoxy) is 1. The summed E-state index contributed by atoms with van der Waals surface area (Å²) in [6.45, 7) is 4.40. The monoisotopic (exact) mass is 382 g/mol. The van der Waals surface area contributed by atoms with E-state index in [1.807, 2.05) is 6.07 Å². The highest BCUT2D eigenvalue weighted by Gasteiger charge is 2.33. The van der Waals surface area contributed by atoms with Crippen molar-refractivity contribution in [3.8, 4) is 11.3 Å². The van der Waals surface area contributed by atoms with Gasteiger partial charge in [-0.15, -0.1) is 0 Å². The molecule has 2 N–H and O–H groups in total. The number of carbonyl (C=O) groups excluding carboxylic acids is 2. The first-order valence-corrected chi connectivity index (χ1v) is 9.98. The van der Waals surface area contributed by atoms with Crippen molar-refractivity contribution < 1.29 is 14.3 Å². The maximum absolute atomic E-state index is 12.3. The van der Waals surface area contributed by atoms with Gasteiger partial charge in [0, 0.05) is 29.4 Å². The zero-order valence-electron chi connectivity index (χ0n) is 16.4.